The van der Waals surface area contributed by atoms with Crippen LogP contribution in [0.1, 0.15) is 23.0 Å². The molecule has 0 saturated heterocycles. The summed E-state index contributed by atoms with van der Waals surface area (Å²) in [5, 5.41) is 0. The Balaban J connectivity index is 2.07. The van der Waals surface area contributed by atoms with Crippen LogP contribution in [0.5, 0.6) is 0 Å². The van der Waals surface area contributed by atoms with Crippen LogP contribution in [-0.4, -0.2) is 10.5 Å². The minimum absolute atomic E-state index is 0.0969. The Bertz CT molecular complexity index is 593. The molecule has 0 saturated carbocycles. The number of carbonyl (C=O) groups excluding carboxylic acids is 1. The van der Waals surface area contributed by atoms with Gasteiger partial charge >= 0.3 is 5.97 Å². The molecule has 2 N–H and O–H groups in total. The number of nitrogens with zero attached hydrogens (tertiary/aromatic N) is 1. The van der Waals surface area contributed by atoms with Crippen LogP contribution in [0, 0.1) is 5.82 Å². The highest BCUT2D eigenvalue weighted by molar-refractivity contribution is 5.89. The zero-order valence-electron chi connectivity index (χ0n) is 10.6. The van der Waals surface area contributed by atoms with Crippen LogP contribution in [0.25, 0.3) is 0 Å². The number of anilines is 1. The number of ether oxygens (including phenoxy) is 1. The quantitative estimate of drug-likeness (QED) is 0.861. The Morgan fingerprint density at radius 1 is 1.42 bits per heavy atom. The number of aryl methyl sites for hydroxylation is 1. The van der Waals surface area contributed by atoms with Crippen molar-refractivity contribution in [3.8, 4) is 0 Å². The summed E-state index contributed by atoms with van der Waals surface area (Å²) < 4.78 is 20.2. The van der Waals surface area contributed by atoms with Crippen LogP contribution >= 0.6 is 0 Å². The lowest BCUT2D eigenvalue weighted by Gasteiger charge is -2.07. The SMILES string of the molecule is CCn1cc(N)cc1C(=O)OCc1ccccc1F. The van der Waals surface area contributed by atoms with Crippen molar-refractivity contribution in [3.05, 3.63) is 53.6 Å². The summed E-state index contributed by atoms with van der Waals surface area (Å²) in [4.78, 5) is 11.9. The predicted molar refractivity (Wildman–Crippen MR) is 70.0 cm³/mol. The zero-order valence-corrected chi connectivity index (χ0v) is 10.6. The van der Waals surface area contributed by atoms with Gasteiger partial charge in [-0.2, -0.15) is 0 Å². The van der Waals surface area contributed by atoms with E-state index in [9.17, 15) is 9.18 Å². The van der Waals surface area contributed by atoms with Crippen LogP contribution in [0.15, 0.2) is 36.5 Å². The molecule has 19 heavy (non-hydrogen) atoms. The van der Waals surface area contributed by atoms with Gasteiger partial charge in [-0.3, -0.25) is 0 Å². The fraction of sp³-hybridized carbons (Fsp3) is 0.214. The molecular weight excluding hydrogens is 247 g/mol. The largest absolute Gasteiger partial charge is 0.456 e. The van der Waals surface area contributed by atoms with Crippen molar-refractivity contribution in [3.63, 3.8) is 0 Å². The Labute approximate surface area is 110 Å². The molecule has 5 heteroatoms. The molecule has 2 aromatic rings. The molecule has 0 unspecified atom stereocenters. The van der Waals surface area contributed by atoms with Gasteiger partial charge in [-0.05, 0) is 19.1 Å². The van der Waals surface area contributed by atoms with Gasteiger partial charge < -0.3 is 15.0 Å². The third-order valence-corrected chi connectivity index (χ3v) is 2.78. The van der Waals surface area contributed by atoms with Crippen molar-refractivity contribution < 1.29 is 13.9 Å². The van der Waals surface area contributed by atoms with E-state index in [2.05, 4.69) is 0 Å². The fourth-order valence-electron chi connectivity index (χ4n) is 1.80. The summed E-state index contributed by atoms with van der Waals surface area (Å²) >= 11 is 0. The number of hydrogen-bond acceptors (Lipinski definition) is 3. The van der Waals surface area contributed by atoms with E-state index in [0.717, 1.165) is 0 Å². The molecule has 0 aliphatic heterocycles. The first-order valence-corrected chi connectivity index (χ1v) is 5.98. The van der Waals surface area contributed by atoms with Crippen LogP contribution in [0.3, 0.4) is 0 Å². The summed E-state index contributed by atoms with van der Waals surface area (Å²) in [7, 11) is 0. The molecule has 0 amide bonds. The number of hydrogen-bond donors (Lipinski definition) is 1. The lowest BCUT2D eigenvalue weighted by molar-refractivity contribution is 0.0456. The number of halogens is 1. The third-order valence-electron chi connectivity index (χ3n) is 2.78. The van der Waals surface area contributed by atoms with E-state index in [1.165, 1.54) is 6.07 Å². The van der Waals surface area contributed by atoms with Gasteiger partial charge in [0.25, 0.3) is 0 Å². The van der Waals surface area contributed by atoms with Gasteiger partial charge in [0.1, 0.15) is 18.1 Å². The lowest BCUT2D eigenvalue weighted by Crippen LogP contribution is -2.11. The molecule has 4 nitrogen and oxygen atoms in total. The lowest BCUT2D eigenvalue weighted by atomic mass is 10.2. The predicted octanol–water partition coefficient (Wildman–Crippen LogP) is 2.59. The van der Waals surface area contributed by atoms with E-state index in [1.807, 2.05) is 6.92 Å². The van der Waals surface area contributed by atoms with Crippen molar-refractivity contribution in [1.29, 1.82) is 0 Å². The average molecular weight is 262 g/mol. The molecule has 100 valence electrons. The van der Waals surface area contributed by atoms with Crippen molar-refractivity contribution >= 4 is 11.7 Å². The molecule has 0 spiro atoms. The van der Waals surface area contributed by atoms with E-state index in [-0.39, 0.29) is 12.4 Å². The zero-order chi connectivity index (χ0) is 13.8. The normalized spacial score (nSPS) is 10.4. The van der Waals surface area contributed by atoms with Crippen LogP contribution < -0.4 is 5.73 Å². The first-order chi connectivity index (χ1) is 9.11. The van der Waals surface area contributed by atoms with Gasteiger partial charge in [0.2, 0.25) is 0 Å². The molecule has 1 aromatic heterocycles. The van der Waals surface area contributed by atoms with Gasteiger partial charge in [0.15, 0.2) is 0 Å². The van der Waals surface area contributed by atoms with Crippen molar-refractivity contribution in [2.24, 2.45) is 0 Å². The second-order valence-corrected chi connectivity index (χ2v) is 4.11. The Morgan fingerprint density at radius 3 is 2.84 bits per heavy atom. The Morgan fingerprint density at radius 2 is 2.16 bits per heavy atom. The highest BCUT2D eigenvalue weighted by atomic mass is 19.1. The highest BCUT2D eigenvalue weighted by Gasteiger charge is 2.14. The maximum atomic E-state index is 13.4. The number of aromatic nitrogens is 1. The van der Waals surface area contributed by atoms with Crippen LogP contribution in [-0.2, 0) is 17.9 Å². The van der Waals surface area contributed by atoms with E-state index >= 15 is 0 Å². The van der Waals surface area contributed by atoms with Crippen LogP contribution in [0.2, 0.25) is 0 Å². The molecule has 0 atom stereocenters. The molecule has 0 aliphatic carbocycles. The van der Waals surface area contributed by atoms with Gasteiger partial charge in [-0.25, -0.2) is 9.18 Å². The van der Waals surface area contributed by atoms with Crippen molar-refractivity contribution in [2.45, 2.75) is 20.1 Å². The second-order valence-electron chi connectivity index (χ2n) is 4.11. The molecule has 0 bridgehead atoms. The summed E-state index contributed by atoms with van der Waals surface area (Å²) in [6.45, 7) is 2.41. The maximum Gasteiger partial charge on any atom is 0.355 e. The van der Waals surface area contributed by atoms with Gasteiger partial charge in [0.05, 0.1) is 5.69 Å². The molecule has 0 fully saturated rings. The third kappa shape index (κ3) is 2.93. The average Bonchev–Trinajstić information content (AvgIpc) is 2.79. The Kier molecular flexibility index (Phi) is 3.85. The molecule has 2 rings (SSSR count). The van der Waals surface area contributed by atoms with Gasteiger partial charge in [-0.15, -0.1) is 0 Å². The minimum Gasteiger partial charge on any atom is -0.456 e. The standard InChI is InChI=1S/C14H15FN2O2/c1-2-17-8-11(16)7-13(17)14(18)19-9-10-5-3-4-6-12(10)15/h3-8H,2,9,16H2,1H3. The first kappa shape index (κ1) is 13.1. The number of nitrogen functional groups attached to an aromatic ring is 1. The maximum absolute atomic E-state index is 13.4. The topological polar surface area (TPSA) is 57.2 Å². The van der Waals surface area contributed by atoms with Crippen LogP contribution in [0.4, 0.5) is 10.1 Å². The first-order valence-electron chi connectivity index (χ1n) is 5.98. The molecule has 0 aliphatic rings. The molecule has 1 heterocycles. The smallest absolute Gasteiger partial charge is 0.355 e. The monoisotopic (exact) mass is 262 g/mol. The number of nitrogens with two attached hydrogens (primary N) is 1. The van der Waals surface area contributed by atoms with Crippen molar-refractivity contribution in [2.75, 3.05) is 5.73 Å². The van der Waals surface area contributed by atoms with E-state index in [1.54, 1.807) is 35.0 Å². The molecular formula is C14H15FN2O2. The van der Waals surface area contributed by atoms with Gasteiger partial charge in [0, 0.05) is 18.3 Å². The number of esters is 1. The summed E-state index contributed by atoms with van der Waals surface area (Å²) in [5.74, 6) is -0.900. The fourth-order valence-corrected chi connectivity index (χ4v) is 1.80. The van der Waals surface area contributed by atoms with Gasteiger partial charge in [-0.1, -0.05) is 18.2 Å². The summed E-state index contributed by atoms with van der Waals surface area (Å²) in [6, 6.07) is 7.74. The summed E-state index contributed by atoms with van der Waals surface area (Å²) in [6.07, 6.45) is 1.67. The number of benzene rings is 1. The molecule has 0 radical (unpaired) electrons. The van der Waals surface area contributed by atoms with E-state index < -0.39 is 5.97 Å². The van der Waals surface area contributed by atoms with E-state index in [4.69, 9.17) is 10.5 Å². The number of carbonyl (C=O) groups is 1. The minimum atomic E-state index is -0.512. The summed E-state index contributed by atoms with van der Waals surface area (Å²) in [5.41, 5.74) is 6.85. The highest BCUT2D eigenvalue weighted by Crippen LogP contribution is 2.14. The van der Waals surface area contributed by atoms with E-state index in [0.29, 0.717) is 23.5 Å². The molecule has 1 aromatic carbocycles. The Hall–Kier alpha value is -2.30. The second kappa shape index (κ2) is 5.56. The number of rotatable bonds is 4. The van der Waals surface area contributed by atoms with Crippen molar-refractivity contribution in [1.82, 2.24) is 4.57 Å².